The molecule has 2 fully saturated rings. The lowest BCUT2D eigenvalue weighted by molar-refractivity contribution is -0.0421. The fraction of sp³-hybridized carbons (Fsp3) is 0.692. The van der Waals surface area contributed by atoms with E-state index in [1.165, 1.54) is 0 Å². The Labute approximate surface area is 122 Å². The van der Waals surface area contributed by atoms with Crippen molar-refractivity contribution in [3.63, 3.8) is 0 Å². The quantitative estimate of drug-likeness (QED) is 0.597. The first-order valence-electron chi connectivity index (χ1n) is 6.92. The van der Waals surface area contributed by atoms with Gasteiger partial charge in [0.05, 0.1) is 26.4 Å². The Bertz CT molecular complexity index is 423. The molecule has 3 rings (SSSR count). The van der Waals surface area contributed by atoms with E-state index in [0.29, 0.717) is 13.2 Å². The summed E-state index contributed by atoms with van der Waals surface area (Å²) in [7, 11) is 0. The molecule has 7 heteroatoms. The lowest BCUT2D eigenvalue weighted by Crippen LogP contribution is -2.36. The van der Waals surface area contributed by atoms with Crippen LogP contribution in [0.25, 0.3) is 0 Å². The molecule has 110 valence electrons. The van der Waals surface area contributed by atoms with Crippen molar-refractivity contribution in [2.45, 2.75) is 17.7 Å². The Kier molecular flexibility index (Phi) is 5.07. The molecule has 0 atom stereocenters. The molecule has 1 aromatic heterocycles. The first kappa shape index (κ1) is 14.1. The molecule has 0 N–H and O–H groups in total. The van der Waals surface area contributed by atoms with Crippen molar-refractivity contribution < 1.29 is 14.2 Å². The van der Waals surface area contributed by atoms with Crippen LogP contribution in [-0.2, 0) is 14.2 Å². The fourth-order valence-corrected chi connectivity index (χ4v) is 3.04. The Morgan fingerprint density at radius 2 is 1.95 bits per heavy atom. The molecular weight excluding hydrogens is 278 g/mol. The van der Waals surface area contributed by atoms with Crippen LogP contribution in [0.1, 0.15) is 6.42 Å². The molecule has 0 aromatic carbocycles. The highest BCUT2D eigenvalue weighted by Crippen LogP contribution is 2.22. The summed E-state index contributed by atoms with van der Waals surface area (Å²) < 4.78 is 16.2. The number of hydrogen-bond acceptors (Lipinski definition) is 7. The first-order chi connectivity index (χ1) is 9.92. The molecule has 0 spiro atoms. The lowest BCUT2D eigenvalue weighted by atomic mass is 10.4. The molecule has 2 aliphatic rings. The first-order valence-corrected chi connectivity index (χ1v) is 7.91. The van der Waals surface area contributed by atoms with Gasteiger partial charge in [-0.1, -0.05) is 0 Å². The minimum Gasteiger partial charge on any atom is -0.378 e. The summed E-state index contributed by atoms with van der Waals surface area (Å²) >= 11 is 1.72. The number of thioether (sulfide) groups is 1. The Hall–Kier alpha value is -0.890. The molecule has 2 aliphatic heterocycles. The average molecular weight is 297 g/mol. The number of morpholine rings is 1. The average Bonchev–Trinajstić information content (AvgIpc) is 3.02. The van der Waals surface area contributed by atoms with Crippen molar-refractivity contribution in [3.8, 4) is 0 Å². The zero-order chi connectivity index (χ0) is 13.6. The predicted octanol–water partition coefficient (Wildman–Crippen LogP) is 1.17. The van der Waals surface area contributed by atoms with Gasteiger partial charge in [-0.15, -0.1) is 11.8 Å². The van der Waals surface area contributed by atoms with Crippen molar-refractivity contribution in [3.05, 3.63) is 12.4 Å². The van der Waals surface area contributed by atoms with Gasteiger partial charge in [-0.2, -0.15) is 0 Å². The summed E-state index contributed by atoms with van der Waals surface area (Å²) in [5.41, 5.74) is 0. The van der Waals surface area contributed by atoms with Crippen LogP contribution in [0, 0.1) is 0 Å². The molecule has 1 aromatic rings. The summed E-state index contributed by atoms with van der Waals surface area (Å²) in [6.07, 6.45) is 2.49. The predicted molar refractivity (Wildman–Crippen MR) is 76.1 cm³/mol. The highest BCUT2D eigenvalue weighted by Gasteiger charge is 2.16. The van der Waals surface area contributed by atoms with E-state index in [1.807, 2.05) is 6.07 Å². The van der Waals surface area contributed by atoms with Gasteiger partial charge in [0.15, 0.2) is 6.29 Å². The Balaban J connectivity index is 1.51. The van der Waals surface area contributed by atoms with Gasteiger partial charge >= 0.3 is 0 Å². The van der Waals surface area contributed by atoms with Gasteiger partial charge in [0.1, 0.15) is 17.2 Å². The molecular formula is C13H19N3O3S. The molecule has 6 nitrogen and oxygen atoms in total. The molecule has 0 amide bonds. The molecule has 20 heavy (non-hydrogen) atoms. The topological polar surface area (TPSA) is 56.7 Å². The molecule has 0 bridgehead atoms. The van der Waals surface area contributed by atoms with Crippen LogP contribution < -0.4 is 4.90 Å². The van der Waals surface area contributed by atoms with Crippen LogP contribution in [0.5, 0.6) is 0 Å². The summed E-state index contributed by atoms with van der Waals surface area (Å²) in [5, 5.41) is 1.000. The number of hydrogen-bond donors (Lipinski definition) is 0. The van der Waals surface area contributed by atoms with E-state index in [4.69, 9.17) is 14.2 Å². The van der Waals surface area contributed by atoms with Crippen molar-refractivity contribution in [2.75, 3.05) is 50.2 Å². The molecule has 0 radical (unpaired) electrons. The normalized spacial score (nSPS) is 20.5. The largest absolute Gasteiger partial charge is 0.378 e. The summed E-state index contributed by atoms with van der Waals surface area (Å²) in [4.78, 5) is 10.9. The number of aromatic nitrogens is 2. The van der Waals surface area contributed by atoms with Crippen LogP contribution in [-0.4, -0.2) is 61.5 Å². The standard InChI is InChI=1S/C13H19N3O3S/c1(13-18-6-7-19-13)8-20-12-9-11(14-10-15-12)16-2-4-17-5-3-16/h9-10,13H,1-8H2. The van der Waals surface area contributed by atoms with Gasteiger partial charge in [0.25, 0.3) is 0 Å². The lowest BCUT2D eigenvalue weighted by Gasteiger charge is -2.27. The maximum Gasteiger partial charge on any atom is 0.158 e. The second kappa shape index (κ2) is 7.21. The zero-order valence-electron chi connectivity index (χ0n) is 11.4. The van der Waals surface area contributed by atoms with E-state index in [9.17, 15) is 0 Å². The minimum atomic E-state index is -0.0388. The SMILES string of the molecule is c1nc(SCCC2OCCO2)cc(N2CCOCC2)n1. The molecule has 0 saturated carbocycles. The van der Waals surface area contributed by atoms with Crippen LogP contribution in [0.2, 0.25) is 0 Å². The molecule has 3 heterocycles. The van der Waals surface area contributed by atoms with E-state index in [0.717, 1.165) is 49.3 Å². The van der Waals surface area contributed by atoms with E-state index < -0.39 is 0 Å². The molecule has 2 saturated heterocycles. The summed E-state index contributed by atoms with van der Waals surface area (Å²) in [6, 6.07) is 2.05. The van der Waals surface area contributed by atoms with E-state index in [2.05, 4.69) is 14.9 Å². The highest BCUT2D eigenvalue weighted by molar-refractivity contribution is 7.99. The maximum atomic E-state index is 5.42. The zero-order valence-corrected chi connectivity index (χ0v) is 12.2. The van der Waals surface area contributed by atoms with Gasteiger partial charge in [-0.25, -0.2) is 9.97 Å². The van der Waals surface area contributed by atoms with Crippen LogP contribution in [0.15, 0.2) is 17.4 Å². The van der Waals surface area contributed by atoms with Crippen LogP contribution in [0.3, 0.4) is 0 Å². The third-order valence-corrected chi connectivity index (χ3v) is 4.22. The van der Waals surface area contributed by atoms with Crippen molar-refractivity contribution in [1.82, 2.24) is 9.97 Å². The van der Waals surface area contributed by atoms with Gasteiger partial charge in [0, 0.05) is 31.3 Å². The molecule has 0 aliphatic carbocycles. The smallest absolute Gasteiger partial charge is 0.158 e. The van der Waals surface area contributed by atoms with Crippen LogP contribution in [0.4, 0.5) is 5.82 Å². The Morgan fingerprint density at radius 3 is 2.75 bits per heavy atom. The fourth-order valence-electron chi connectivity index (χ4n) is 2.21. The maximum absolute atomic E-state index is 5.42. The third kappa shape index (κ3) is 3.82. The second-order valence-electron chi connectivity index (χ2n) is 4.62. The second-order valence-corrected chi connectivity index (χ2v) is 5.74. The van der Waals surface area contributed by atoms with Gasteiger partial charge in [-0.3, -0.25) is 0 Å². The van der Waals surface area contributed by atoms with Gasteiger partial charge < -0.3 is 19.1 Å². The highest BCUT2D eigenvalue weighted by atomic mass is 32.2. The minimum absolute atomic E-state index is 0.0388. The van der Waals surface area contributed by atoms with E-state index in [1.54, 1.807) is 18.1 Å². The van der Waals surface area contributed by atoms with Crippen molar-refractivity contribution >= 4 is 17.6 Å². The van der Waals surface area contributed by atoms with E-state index >= 15 is 0 Å². The number of nitrogens with zero attached hydrogens (tertiary/aromatic N) is 3. The van der Waals surface area contributed by atoms with Gasteiger partial charge in [0.2, 0.25) is 0 Å². The number of rotatable bonds is 5. The van der Waals surface area contributed by atoms with Crippen molar-refractivity contribution in [2.24, 2.45) is 0 Å². The third-order valence-electron chi connectivity index (χ3n) is 3.26. The van der Waals surface area contributed by atoms with Crippen molar-refractivity contribution in [1.29, 1.82) is 0 Å². The number of ether oxygens (including phenoxy) is 3. The molecule has 0 unspecified atom stereocenters. The summed E-state index contributed by atoms with van der Waals surface area (Å²) in [6.45, 7) is 4.75. The van der Waals surface area contributed by atoms with Crippen LogP contribution >= 0.6 is 11.8 Å². The Morgan fingerprint density at radius 1 is 1.15 bits per heavy atom. The number of anilines is 1. The van der Waals surface area contributed by atoms with Gasteiger partial charge in [-0.05, 0) is 0 Å². The summed E-state index contributed by atoms with van der Waals surface area (Å²) in [5.74, 6) is 1.92. The monoisotopic (exact) mass is 297 g/mol. The van der Waals surface area contributed by atoms with E-state index in [-0.39, 0.29) is 6.29 Å².